The van der Waals surface area contributed by atoms with Crippen LogP contribution in [0, 0.1) is 11.3 Å². The van der Waals surface area contributed by atoms with Gasteiger partial charge in [-0.25, -0.2) is 9.97 Å². The van der Waals surface area contributed by atoms with E-state index in [1.807, 2.05) is 24.3 Å². The van der Waals surface area contributed by atoms with Crippen LogP contribution in [-0.2, 0) is 13.1 Å². The van der Waals surface area contributed by atoms with Gasteiger partial charge in [0.25, 0.3) is 0 Å². The maximum absolute atomic E-state index is 11.7. The van der Waals surface area contributed by atoms with Crippen LogP contribution in [-0.4, -0.2) is 57.8 Å². The van der Waals surface area contributed by atoms with Gasteiger partial charge < -0.3 is 20.6 Å². The van der Waals surface area contributed by atoms with Crippen LogP contribution < -0.4 is 15.5 Å². The van der Waals surface area contributed by atoms with E-state index in [2.05, 4.69) is 92.8 Å². The van der Waals surface area contributed by atoms with Crippen LogP contribution in [0.5, 0.6) is 0 Å². The van der Waals surface area contributed by atoms with Crippen molar-refractivity contribution in [3.63, 3.8) is 0 Å². The molecule has 2 aliphatic heterocycles. The number of anilines is 3. The number of aliphatic hydroxyl groups is 1. The van der Waals surface area contributed by atoms with Crippen molar-refractivity contribution in [1.82, 2.24) is 14.9 Å². The lowest BCUT2D eigenvalue weighted by molar-refractivity contribution is -0.149. The van der Waals surface area contributed by atoms with E-state index in [9.17, 15) is 5.11 Å². The predicted octanol–water partition coefficient (Wildman–Crippen LogP) is 6.70. The summed E-state index contributed by atoms with van der Waals surface area (Å²) in [7, 11) is 0. The zero-order chi connectivity index (χ0) is 30.1. The standard InChI is InChI=1S/C37H46N6O/c1-27(2)35-36(15-7-16-36)24-43(35)22-29-13-14-31-30(19-29)11-6-12-32(31)39-23-37(44)17-8-18-42(25-37)34-20-33(40-26-41-34)38-21-28-9-4-3-5-10-28/h3-6,9-14,19-20,26-27,35,39,44H,7-8,15-18,21-25H2,1-2H3,(H,38,40,41)/t35-,37+/m0/s1. The molecule has 44 heavy (non-hydrogen) atoms. The van der Waals surface area contributed by atoms with E-state index in [0.717, 1.165) is 49.3 Å². The van der Waals surface area contributed by atoms with Crippen molar-refractivity contribution in [3.8, 4) is 0 Å². The number of likely N-dealkylation sites (tertiary alicyclic amines) is 1. The van der Waals surface area contributed by atoms with Crippen LogP contribution in [0.4, 0.5) is 17.3 Å². The molecule has 3 aromatic carbocycles. The molecular weight excluding hydrogens is 544 g/mol. The van der Waals surface area contributed by atoms with Crippen molar-refractivity contribution in [3.05, 3.63) is 90.3 Å². The van der Waals surface area contributed by atoms with Crippen LogP contribution in [0.25, 0.3) is 10.8 Å². The third-order valence-electron chi connectivity index (χ3n) is 10.3. The summed E-state index contributed by atoms with van der Waals surface area (Å²) in [6.45, 7) is 9.65. The first-order valence-corrected chi connectivity index (χ1v) is 16.5. The lowest BCUT2D eigenvalue weighted by Gasteiger charge is -2.64. The van der Waals surface area contributed by atoms with Crippen LogP contribution in [0.2, 0.25) is 0 Å². The number of aromatic nitrogens is 2. The second kappa shape index (κ2) is 12.0. The fourth-order valence-corrected chi connectivity index (χ4v) is 8.18. The summed E-state index contributed by atoms with van der Waals surface area (Å²) in [6, 6.07) is 26.4. The molecular formula is C37H46N6O. The van der Waals surface area contributed by atoms with E-state index in [0.29, 0.717) is 31.0 Å². The summed E-state index contributed by atoms with van der Waals surface area (Å²) in [4.78, 5) is 13.9. The molecule has 0 radical (unpaired) electrons. The second-order valence-electron chi connectivity index (χ2n) is 13.9. The third-order valence-corrected chi connectivity index (χ3v) is 10.3. The maximum atomic E-state index is 11.7. The molecule has 7 nitrogen and oxygen atoms in total. The molecule has 1 saturated carbocycles. The highest BCUT2D eigenvalue weighted by molar-refractivity contribution is 5.94. The lowest BCUT2D eigenvalue weighted by atomic mass is 9.55. The molecule has 3 fully saturated rings. The molecule has 1 aromatic heterocycles. The Labute approximate surface area is 261 Å². The average molecular weight is 591 g/mol. The third kappa shape index (κ3) is 5.87. The quantitative estimate of drug-likeness (QED) is 0.190. The molecule has 0 unspecified atom stereocenters. The molecule has 1 spiro atoms. The van der Waals surface area contributed by atoms with Crippen molar-refractivity contribution in [2.75, 3.05) is 41.7 Å². The lowest BCUT2D eigenvalue weighted by Crippen LogP contribution is -2.68. The first-order chi connectivity index (χ1) is 21.4. The predicted molar refractivity (Wildman–Crippen MR) is 180 cm³/mol. The molecule has 2 atom stereocenters. The normalized spacial score (nSPS) is 23.0. The molecule has 3 heterocycles. The van der Waals surface area contributed by atoms with Crippen LogP contribution in [0.15, 0.2) is 79.1 Å². The van der Waals surface area contributed by atoms with E-state index >= 15 is 0 Å². The Balaban J connectivity index is 0.989. The molecule has 0 bridgehead atoms. The van der Waals surface area contributed by atoms with Gasteiger partial charge in [-0.05, 0) is 65.7 Å². The van der Waals surface area contributed by atoms with Gasteiger partial charge in [-0.15, -0.1) is 0 Å². The molecule has 3 N–H and O–H groups in total. The molecule has 2 saturated heterocycles. The van der Waals surface area contributed by atoms with Gasteiger partial charge in [-0.3, -0.25) is 4.90 Å². The van der Waals surface area contributed by atoms with Gasteiger partial charge in [0.1, 0.15) is 18.0 Å². The van der Waals surface area contributed by atoms with Crippen LogP contribution in [0.3, 0.4) is 0 Å². The van der Waals surface area contributed by atoms with Crippen molar-refractivity contribution in [1.29, 1.82) is 0 Å². The fraction of sp³-hybridized carbons (Fsp3) is 0.459. The number of hydrogen-bond acceptors (Lipinski definition) is 7. The van der Waals surface area contributed by atoms with Gasteiger partial charge in [0, 0.05) is 62.5 Å². The molecule has 7 rings (SSSR count). The van der Waals surface area contributed by atoms with Crippen molar-refractivity contribution in [2.45, 2.75) is 70.7 Å². The highest BCUT2D eigenvalue weighted by Crippen LogP contribution is 2.55. The number of hydrogen-bond donors (Lipinski definition) is 3. The summed E-state index contributed by atoms with van der Waals surface area (Å²) in [5, 5.41) is 21.2. The second-order valence-corrected chi connectivity index (χ2v) is 13.9. The molecule has 7 heteroatoms. The highest BCUT2D eigenvalue weighted by Gasteiger charge is 2.56. The Morgan fingerprint density at radius 2 is 1.75 bits per heavy atom. The van der Waals surface area contributed by atoms with Crippen LogP contribution in [0.1, 0.15) is 57.1 Å². The molecule has 230 valence electrons. The molecule has 0 amide bonds. The highest BCUT2D eigenvalue weighted by atomic mass is 16.3. The number of β-amino-alcohol motifs (C(OH)–C–C–N with tert-alkyl or cyclic N) is 1. The fourth-order valence-electron chi connectivity index (χ4n) is 8.18. The summed E-state index contributed by atoms with van der Waals surface area (Å²) < 4.78 is 0. The van der Waals surface area contributed by atoms with E-state index in [-0.39, 0.29) is 0 Å². The van der Waals surface area contributed by atoms with E-state index in [1.165, 1.54) is 47.7 Å². The number of nitrogens with one attached hydrogen (secondary N) is 2. The minimum atomic E-state index is -0.857. The maximum Gasteiger partial charge on any atom is 0.134 e. The van der Waals surface area contributed by atoms with Crippen molar-refractivity contribution < 1.29 is 5.11 Å². The summed E-state index contributed by atoms with van der Waals surface area (Å²) in [5.41, 5.74) is 3.41. The minimum Gasteiger partial charge on any atom is -0.386 e. The number of nitrogens with zero attached hydrogens (tertiary/aromatic N) is 4. The number of rotatable bonds is 10. The Kier molecular flexibility index (Phi) is 7.93. The van der Waals surface area contributed by atoms with Crippen molar-refractivity contribution in [2.24, 2.45) is 11.3 Å². The van der Waals surface area contributed by atoms with Gasteiger partial charge in [-0.2, -0.15) is 0 Å². The zero-order valence-corrected chi connectivity index (χ0v) is 26.2. The first-order valence-electron chi connectivity index (χ1n) is 16.5. The summed E-state index contributed by atoms with van der Waals surface area (Å²) in [5.74, 6) is 2.34. The number of benzene rings is 3. The Hall–Kier alpha value is -3.68. The summed E-state index contributed by atoms with van der Waals surface area (Å²) in [6.07, 6.45) is 7.50. The molecule has 4 aromatic rings. The van der Waals surface area contributed by atoms with Crippen LogP contribution >= 0.6 is 0 Å². The monoisotopic (exact) mass is 590 g/mol. The largest absolute Gasteiger partial charge is 0.386 e. The van der Waals surface area contributed by atoms with Gasteiger partial charge in [-0.1, -0.05) is 74.9 Å². The van der Waals surface area contributed by atoms with Gasteiger partial charge in [0.2, 0.25) is 0 Å². The van der Waals surface area contributed by atoms with Gasteiger partial charge >= 0.3 is 0 Å². The van der Waals surface area contributed by atoms with E-state index in [4.69, 9.17) is 0 Å². The smallest absolute Gasteiger partial charge is 0.134 e. The molecule has 1 aliphatic carbocycles. The average Bonchev–Trinajstić information content (AvgIpc) is 3.00. The summed E-state index contributed by atoms with van der Waals surface area (Å²) >= 11 is 0. The van der Waals surface area contributed by atoms with E-state index in [1.54, 1.807) is 6.33 Å². The SMILES string of the molecule is CC(C)[C@@H]1N(Cc2ccc3c(NC[C@]4(O)CCCN(c5cc(NCc6ccccc6)ncn5)C4)cccc3c2)CC12CCC2. The van der Waals surface area contributed by atoms with Crippen molar-refractivity contribution >= 4 is 28.1 Å². The Bertz CT molecular complexity index is 1590. The first kappa shape index (κ1) is 29.1. The zero-order valence-electron chi connectivity index (χ0n) is 26.2. The van der Waals surface area contributed by atoms with Gasteiger partial charge in [0.15, 0.2) is 0 Å². The Morgan fingerprint density at radius 1 is 0.886 bits per heavy atom. The Morgan fingerprint density at radius 3 is 2.55 bits per heavy atom. The van der Waals surface area contributed by atoms with E-state index < -0.39 is 5.60 Å². The number of piperidine rings is 1. The van der Waals surface area contributed by atoms with Gasteiger partial charge in [0.05, 0.1) is 5.60 Å². The topological polar surface area (TPSA) is 76.6 Å². The molecule has 3 aliphatic rings. The number of fused-ring (bicyclic) bond motifs is 1. The minimum absolute atomic E-state index is 0.487.